The summed E-state index contributed by atoms with van der Waals surface area (Å²) < 4.78 is 33.8. The Morgan fingerprint density at radius 1 is 1.39 bits per heavy atom. The molecule has 0 amide bonds. The minimum absolute atomic E-state index is 0.145. The fourth-order valence-electron chi connectivity index (χ4n) is 2.20. The zero-order chi connectivity index (χ0) is 16.6. The highest BCUT2D eigenvalue weighted by atomic mass is 32.2. The fourth-order valence-corrected chi connectivity index (χ4v) is 3.92. The number of aromatic nitrogens is 1. The molecule has 6 nitrogen and oxygen atoms in total. The Morgan fingerprint density at radius 3 is 2.87 bits per heavy atom. The molecule has 0 spiro atoms. The molecule has 0 atom stereocenters. The van der Waals surface area contributed by atoms with Crippen LogP contribution in [0, 0.1) is 3.95 Å². The van der Waals surface area contributed by atoms with E-state index < -0.39 is 15.9 Å². The van der Waals surface area contributed by atoms with Gasteiger partial charge in [0.1, 0.15) is 0 Å². The van der Waals surface area contributed by atoms with Crippen LogP contribution in [0.5, 0.6) is 5.88 Å². The van der Waals surface area contributed by atoms with Crippen LogP contribution >= 0.6 is 23.6 Å². The molecule has 23 heavy (non-hydrogen) atoms. The van der Waals surface area contributed by atoms with E-state index in [0.29, 0.717) is 8.83 Å². The van der Waals surface area contributed by atoms with Crippen molar-refractivity contribution in [3.63, 3.8) is 0 Å². The van der Waals surface area contributed by atoms with E-state index in [1.165, 1.54) is 4.57 Å². The normalized spacial score (nSPS) is 15.3. The van der Waals surface area contributed by atoms with Gasteiger partial charge in [-0.25, -0.2) is 8.42 Å². The minimum atomic E-state index is -4.37. The van der Waals surface area contributed by atoms with Crippen molar-refractivity contribution in [3.05, 3.63) is 38.7 Å². The van der Waals surface area contributed by atoms with Crippen LogP contribution in [0.1, 0.15) is 10.4 Å². The maximum atomic E-state index is 10.7. The first-order valence-corrected chi connectivity index (χ1v) is 9.37. The Balaban J connectivity index is 1.96. The van der Waals surface area contributed by atoms with E-state index in [-0.39, 0.29) is 12.4 Å². The highest BCUT2D eigenvalue weighted by Gasteiger charge is 2.15. The molecule has 9 heteroatoms. The minimum Gasteiger partial charge on any atom is -0.748 e. The second-order valence-electron chi connectivity index (χ2n) is 4.84. The van der Waals surface area contributed by atoms with E-state index in [4.69, 9.17) is 12.2 Å². The quantitative estimate of drug-likeness (QED) is 0.662. The summed E-state index contributed by atoms with van der Waals surface area (Å²) >= 11 is 6.28. The standard InChI is InChI=1S/C14H12N2O4S3/c17-13-12(22-14(21)16(13)5-6-23(18,19)20)7-9-8-15-11-4-2-1-3-10(9)11/h1-4,7-8,17H,5-6H2,(H,18,19,20)/p-1/b9-7+. The number of nitrogens with zero attached hydrogens (tertiary/aromatic N) is 2. The Labute approximate surface area is 141 Å². The molecule has 1 aromatic carbocycles. The van der Waals surface area contributed by atoms with Crippen LogP contribution in [0.25, 0.3) is 11.6 Å². The van der Waals surface area contributed by atoms with Crippen LogP contribution in [0.2, 0.25) is 0 Å². The number of rotatable bonds is 4. The molecule has 2 heterocycles. The van der Waals surface area contributed by atoms with E-state index >= 15 is 0 Å². The average Bonchev–Trinajstić information content (AvgIpc) is 2.99. The monoisotopic (exact) mass is 367 g/mol. The smallest absolute Gasteiger partial charge is 0.210 e. The van der Waals surface area contributed by atoms with Crippen LogP contribution in [-0.4, -0.2) is 34.6 Å². The number of aromatic hydroxyl groups is 1. The van der Waals surface area contributed by atoms with E-state index in [2.05, 4.69) is 4.99 Å². The first kappa shape index (κ1) is 16.1. The van der Waals surface area contributed by atoms with Crippen molar-refractivity contribution in [1.29, 1.82) is 0 Å². The number of hydrogen-bond donors (Lipinski definition) is 1. The molecule has 0 bridgehead atoms. The largest absolute Gasteiger partial charge is 0.748 e. The van der Waals surface area contributed by atoms with Crippen LogP contribution in [-0.2, 0) is 16.7 Å². The van der Waals surface area contributed by atoms with Crippen LogP contribution in [0.3, 0.4) is 0 Å². The predicted octanol–water partition coefficient (Wildman–Crippen LogP) is 2.79. The molecule has 3 rings (SSSR count). The van der Waals surface area contributed by atoms with Crippen LogP contribution < -0.4 is 0 Å². The maximum absolute atomic E-state index is 10.7. The third kappa shape index (κ3) is 3.42. The summed E-state index contributed by atoms with van der Waals surface area (Å²) in [7, 11) is -4.37. The molecule has 2 aromatic rings. The number of para-hydroxylation sites is 1. The first-order chi connectivity index (χ1) is 10.8. The number of benzene rings is 1. The molecule has 0 radical (unpaired) electrons. The molecule has 120 valence electrons. The average molecular weight is 367 g/mol. The molecule has 0 aliphatic carbocycles. The fraction of sp³-hybridized carbons (Fsp3) is 0.143. The van der Waals surface area contributed by atoms with Gasteiger partial charge >= 0.3 is 0 Å². The molecule has 0 saturated carbocycles. The van der Waals surface area contributed by atoms with Gasteiger partial charge in [-0.1, -0.05) is 18.2 Å². The number of aliphatic imine (C=N–C) groups is 1. The van der Waals surface area contributed by atoms with Gasteiger partial charge in [0.25, 0.3) is 0 Å². The summed E-state index contributed by atoms with van der Waals surface area (Å²) in [6.45, 7) is -0.166. The Morgan fingerprint density at radius 2 is 2.13 bits per heavy atom. The molecule has 1 aliphatic heterocycles. The zero-order valence-corrected chi connectivity index (χ0v) is 14.1. The van der Waals surface area contributed by atoms with Gasteiger partial charge in [-0.3, -0.25) is 9.56 Å². The molecule has 1 N–H and O–H groups in total. The lowest BCUT2D eigenvalue weighted by molar-refractivity contribution is 0.415. The van der Waals surface area contributed by atoms with Crippen molar-refractivity contribution in [2.75, 3.05) is 5.75 Å². The van der Waals surface area contributed by atoms with Gasteiger partial charge < -0.3 is 9.66 Å². The summed E-state index contributed by atoms with van der Waals surface area (Å²) in [5.74, 6) is -0.764. The molecule has 1 aromatic heterocycles. The van der Waals surface area contributed by atoms with Gasteiger partial charge in [0, 0.05) is 23.9 Å². The van der Waals surface area contributed by atoms with Gasteiger partial charge in [-0.15, -0.1) is 11.3 Å². The Bertz CT molecular complexity index is 984. The van der Waals surface area contributed by atoms with Gasteiger partial charge in [0.15, 0.2) is 3.95 Å². The third-order valence-electron chi connectivity index (χ3n) is 3.30. The maximum Gasteiger partial charge on any atom is 0.210 e. The molecule has 0 unspecified atom stereocenters. The highest BCUT2D eigenvalue weighted by molar-refractivity contribution is 7.85. The van der Waals surface area contributed by atoms with E-state index in [9.17, 15) is 18.1 Å². The molecule has 0 saturated heterocycles. The summed E-state index contributed by atoms with van der Waals surface area (Å²) in [5, 5.41) is 10.2. The first-order valence-electron chi connectivity index (χ1n) is 6.56. The van der Waals surface area contributed by atoms with Crippen molar-refractivity contribution in [3.8, 4) is 5.88 Å². The van der Waals surface area contributed by atoms with Gasteiger partial charge in [-0.05, 0) is 24.4 Å². The molecule has 1 aliphatic rings. The second-order valence-corrected chi connectivity index (χ2v) is 8.04. The van der Waals surface area contributed by atoms with Crippen molar-refractivity contribution >= 4 is 57.2 Å². The molecule has 0 fully saturated rings. The van der Waals surface area contributed by atoms with E-state index in [1.807, 2.05) is 24.3 Å². The van der Waals surface area contributed by atoms with Crippen LogP contribution in [0.4, 0.5) is 5.69 Å². The summed E-state index contributed by atoms with van der Waals surface area (Å²) in [6, 6.07) is 7.60. The van der Waals surface area contributed by atoms with Crippen molar-refractivity contribution in [2.45, 2.75) is 6.54 Å². The number of allylic oxidation sites excluding steroid dienone is 1. The molecular weight excluding hydrogens is 356 g/mol. The number of fused-ring (bicyclic) bond motifs is 1. The lowest BCUT2D eigenvalue weighted by atomic mass is 10.1. The van der Waals surface area contributed by atoms with Gasteiger partial charge in [-0.2, -0.15) is 0 Å². The van der Waals surface area contributed by atoms with Crippen molar-refractivity contribution in [1.82, 2.24) is 4.57 Å². The third-order valence-corrected chi connectivity index (χ3v) is 5.37. The van der Waals surface area contributed by atoms with E-state index in [0.717, 1.165) is 28.2 Å². The summed E-state index contributed by atoms with van der Waals surface area (Å²) in [5.41, 5.74) is 2.62. The summed E-state index contributed by atoms with van der Waals surface area (Å²) in [4.78, 5) is 4.78. The van der Waals surface area contributed by atoms with Gasteiger partial charge in [0.05, 0.1) is 26.4 Å². The summed E-state index contributed by atoms with van der Waals surface area (Å²) in [6.07, 6.45) is 3.44. The highest BCUT2D eigenvalue weighted by Crippen LogP contribution is 2.35. The number of hydrogen-bond acceptors (Lipinski definition) is 7. The zero-order valence-electron chi connectivity index (χ0n) is 11.7. The topological polar surface area (TPSA) is 94.7 Å². The lowest BCUT2D eigenvalue weighted by Crippen LogP contribution is -2.11. The van der Waals surface area contributed by atoms with Crippen LogP contribution in [0.15, 0.2) is 29.3 Å². The van der Waals surface area contributed by atoms with Crippen molar-refractivity contribution in [2.24, 2.45) is 4.99 Å². The number of thiazole rings is 1. The molecular formula is C14H11N2O4S3-. The predicted molar refractivity (Wildman–Crippen MR) is 91.8 cm³/mol. The van der Waals surface area contributed by atoms with Gasteiger partial charge in [0.2, 0.25) is 5.88 Å². The Hall–Kier alpha value is -1.81. The Kier molecular flexibility index (Phi) is 4.19. The lowest BCUT2D eigenvalue weighted by Gasteiger charge is -2.08. The van der Waals surface area contributed by atoms with E-state index in [1.54, 1.807) is 12.3 Å². The van der Waals surface area contributed by atoms with Crippen molar-refractivity contribution < 1.29 is 18.1 Å². The SMILES string of the molecule is O=S(=O)([O-])CCn1c(O)c(/C=C2\C=Nc3ccccc32)sc1=S. The second kappa shape index (κ2) is 6.00.